The fourth-order valence-corrected chi connectivity index (χ4v) is 2.27. The predicted octanol–water partition coefficient (Wildman–Crippen LogP) is 2.12. The molecule has 0 radical (unpaired) electrons. The van der Waals surface area contributed by atoms with Gasteiger partial charge < -0.3 is 5.11 Å². The number of carboxylic acid groups (broad SMARTS) is 1. The summed E-state index contributed by atoms with van der Waals surface area (Å²) in [4.78, 5) is 13.1. The molecule has 17 heavy (non-hydrogen) atoms. The van der Waals surface area contributed by atoms with Gasteiger partial charge in [-0.2, -0.15) is 0 Å². The van der Waals surface area contributed by atoms with Crippen molar-refractivity contribution in [3.63, 3.8) is 0 Å². The van der Waals surface area contributed by atoms with Gasteiger partial charge in [-0.1, -0.05) is 36.4 Å². The first-order valence-electron chi connectivity index (χ1n) is 5.85. The number of hydrogen-bond donors (Lipinski definition) is 1. The van der Waals surface area contributed by atoms with Gasteiger partial charge in [0.15, 0.2) is 0 Å². The van der Waals surface area contributed by atoms with E-state index in [1.54, 1.807) is 6.08 Å². The van der Waals surface area contributed by atoms with E-state index in [1.165, 1.54) is 5.56 Å². The maximum absolute atomic E-state index is 11.1. The van der Waals surface area contributed by atoms with Crippen molar-refractivity contribution in [2.24, 2.45) is 0 Å². The first-order chi connectivity index (χ1) is 8.22. The molecule has 1 aliphatic heterocycles. The molecule has 0 spiro atoms. The fourth-order valence-electron chi connectivity index (χ4n) is 2.27. The monoisotopic (exact) mass is 231 g/mol. The zero-order chi connectivity index (χ0) is 12.3. The molecule has 3 heteroatoms. The number of carboxylic acids is 1. The molecule has 1 fully saturated rings. The van der Waals surface area contributed by atoms with Gasteiger partial charge in [0.1, 0.15) is 6.04 Å². The summed E-state index contributed by atoms with van der Waals surface area (Å²) >= 11 is 0. The molecule has 1 N–H and O–H groups in total. The number of hydrogen-bond acceptors (Lipinski definition) is 2. The second-order valence-corrected chi connectivity index (χ2v) is 4.44. The molecule has 90 valence electrons. The Morgan fingerprint density at radius 1 is 1.47 bits per heavy atom. The molecular formula is C14H17NO2. The van der Waals surface area contributed by atoms with Crippen molar-refractivity contribution >= 4 is 5.97 Å². The Labute approximate surface area is 101 Å². The SMILES string of the molecule is C=CCC(C(=O)O)N1CC(c2ccccc2)C1. The van der Waals surface area contributed by atoms with Gasteiger partial charge in [-0.05, 0) is 12.0 Å². The summed E-state index contributed by atoms with van der Waals surface area (Å²) in [7, 11) is 0. The van der Waals surface area contributed by atoms with E-state index in [0.29, 0.717) is 12.3 Å². The summed E-state index contributed by atoms with van der Waals surface area (Å²) < 4.78 is 0. The van der Waals surface area contributed by atoms with E-state index in [9.17, 15) is 4.79 Å². The molecule has 1 heterocycles. The van der Waals surface area contributed by atoms with E-state index in [1.807, 2.05) is 23.1 Å². The highest BCUT2D eigenvalue weighted by Gasteiger charge is 2.35. The Morgan fingerprint density at radius 3 is 2.65 bits per heavy atom. The molecule has 0 aliphatic carbocycles. The fraction of sp³-hybridized carbons (Fsp3) is 0.357. The van der Waals surface area contributed by atoms with E-state index < -0.39 is 12.0 Å². The molecule has 1 aliphatic rings. The van der Waals surface area contributed by atoms with Gasteiger partial charge >= 0.3 is 5.97 Å². The van der Waals surface area contributed by atoms with Crippen molar-refractivity contribution in [1.29, 1.82) is 0 Å². The molecule has 0 saturated carbocycles. The summed E-state index contributed by atoms with van der Waals surface area (Å²) in [5, 5.41) is 9.11. The highest BCUT2D eigenvalue weighted by atomic mass is 16.4. The number of carbonyl (C=O) groups is 1. The van der Waals surface area contributed by atoms with Crippen molar-refractivity contribution in [2.45, 2.75) is 18.4 Å². The van der Waals surface area contributed by atoms with E-state index >= 15 is 0 Å². The lowest BCUT2D eigenvalue weighted by atomic mass is 9.89. The van der Waals surface area contributed by atoms with Crippen LogP contribution in [0.25, 0.3) is 0 Å². The normalized spacial score (nSPS) is 18.4. The Kier molecular flexibility index (Phi) is 3.59. The van der Waals surface area contributed by atoms with Crippen molar-refractivity contribution in [2.75, 3.05) is 13.1 Å². The number of rotatable bonds is 5. The van der Waals surface area contributed by atoms with Gasteiger partial charge in [-0.15, -0.1) is 6.58 Å². The average molecular weight is 231 g/mol. The molecule has 1 unspecified atom stereocenters. The summed E-state index contributed by atoms with van der Waals surface area (Å²) in [6.07, 6.45) is 2.19. The van der Waals surface area contributed by atoms with Crippen LogP contribution in [0.1, 0.15) is 17.9 Å². The first-order valence-corrected chi connectivity index (χ1v) is 5.85. The zero-order valence-corrected chi connectivity index (χ0v) is 9.75. The zero-order valence-electron chi connectivity index (χ0n) is 9.75. The van der Waals surface area contributed by atoms with Crippen LogP contribution in [-0.4, -0.2) is 35.1 Å². The highest BCUT2D eigenvalue weighted by Crippen LogP contribution is 2.29. The molecule has 0 amide bonds. The van der Waals surface area contributed by atoms with Crippen LogP contribution < -0.4 is 0 Å². The van der Waals surface area contributed by atoms with Gasteiger partial charge in [0, 0.05) is 19.0 Å². The summed E-state index contributed by atoms with van der Waals surface area (Å²) in [5.74, 6) is -0.278. The van der Waals surface area contributed by atoms with Crippen LogP contribution in [0.2, 0.25) is 0 Å². The van der Waals surface area contributed by atoms with Crippen molar-refractivity contribution in [1.82, 2.24) is 4.90 Å². The lowest BCUT2D eigenvalue weighted by Crippen LogP contribution is -2.53. The molecular weight excluding hydrogens is 214 g/mol. The smallest absolute Gasteiger partial charge is 0.321 e. The van der Waals surface area contributed by atoms with Crippen LogP contribution in [0, 0.1) is 0 Å². The second-order valence-electron chi connectivity index (χ2n) is 4.44. The lowest BCUT2D eigenvalue weighted by Gasteiger charge is -2.42. The summed E-state index contributed by atoms with van der Waals surface area (Å²) in [5.41, 5.74) is 1.30. The molecule has 2 rings (SSSR count). The Balaban J connectivity index is 1.93. The minimum Gasteiger partial charge on any atom is -0.480 e. The van der Waals surface area contributed by atoms with Crippen molar-refractivity contribution in [3.8, 4) is 0 Å². The Hall–Kier alpha value is -1.61. The first kappa shape index (κ1) is 11.9. The minimum absolute atomic E-state index is 0.410. The quantitative estimate of drug-likeness (QED) is 0.789. The third kappa shape index (κ3) is 2.56. The topological polar surface area (TPSA) is 40.5 Å². The van der Waals surface area contributed by atoms with Crippen molar-refractivity contribution < 1.29 is 9.90 Å². The second kappa shape index (κ2) is 5.15. The van der Waals surface area contributed by atoms with Crippen LogP contribution in [0.4, 0.5) is 0 Å². The Bertz CT molecular complexity index is 396. The number of nitrogens with zero attached hydrogens (tertiary/aromatic N) is 1. The van der Waals surface area contributed by atoms with E-state index in [4.69, 9.17) is 5.11 Å². The summed E-state index contributed by atoms with van der Waals surface area (Å²) in [6.45, 7) is 5.27. The van der Waals surface area contributed by atoms with Crippen LogP contribution in [0.5, 0.6) is 0 Å². The van der Waals surface area contributed by atoms with Gasteiger partial charge in [0.25, 0.3) is 0 Å². The van der Waals surface area contributed by atoms with Gasteiger partial charge in [-0.3, -0.25) is 9.69 Å². The standard InChI is InChI=1S/C14H17NO2/c1-2-6-13(14(16)17)15-9-12(10-15)11-7-4-3-5-8-11/h2-5,7-8,12-13H,1,6,9-10H2,(H,16,17). The molecule has 1 aromatic rings. The van der Waals surface area contributed by atoms with Gasteiger partial charge in [0.2, 0.25) is 0 Å². The van der Waals surface area contributed by atoms with Crippen LogP contribution in [0.3, 0.4) is 0 Å². The average Bonchev–Trinajstić information content (AvgIpc) is 2.27. The van der Waals surface area contributed by atoms with Crippen molar-refractivity contribution in [3.05, 3.63) is 48.6 Å². The van der Waals surface area contributed by atoms with E-state index in [-0.39, 0.29) is 0 Å². The summed E-state index contributed by atoms with van der Waals surface area (Å²) in [6, 6.07) is 9.84. The molecule has 1 atom stereocenters. The predicted molar refractivity (Wildman–Crippen MR) is 67.0 cm³/mol. The van der Waals surface area contributed by atoms with Crippen LogP contribution >= 0.6 is 0 Å². The van der Waals surface area contributed by atoms with Gasteiger partial charge in [0.05, 0.1) is 0 Å². The molecule has 1 saturated heterocycles. The number of benzene rings is 1. The molecule has 3 nitrogen and oxygen atoms in total. The maximum Gasteiger partial charge on any atom is 0.321 e. The van der Waals surface area contributed by atoms with E-state index in [0.717, 1.165) is 13.1 Å². The largest absolute Gasteiger partial charge is 0.480 e. The number of aliphatic carboxylic acids is 1. The van der Waals surface area contributed by atoms with Gasteiger partial charge in [-0.25, -0.2) is 0 Å². The highest BCUT2D eigenvalue weighted by molar-refractivity contribution is 5.73. The Morgan fingerprint density at radius 2 is 2.12 bits per heavy atom. The van der Waals surface area contributed by atoms with Crippen LogP contribution in [-0.2, 0) is 4.79 Å². The van der Waals surface area contributed by atoms with Crippen LogP contribution in [0.15, 0.2) is 43.0 Å². The molecule has 0 bridgehead atoms. The lowest BCUT2D eigenvalue weighted by molar-refractivity contribution is -0.145. The molecule has 0 aromatic heterocycles. The number of likely N-dealkylation sites (tertiary alicyclic amines) is 1. The minimum atomic E-state index is -0.753. The maximum atomic E-state index is 11.1. The van der Waals surface area contributed by atoms with E-state index in [2.05, 4.69) is 18.7 Å². The molecule has 1 aromatic carbocycles. The third-order valence-corrected chi connectivity index (χ3v) is 3.30. The third-order valence-electron chi connectivity index (χ3n) is 3.30.